The summed E-state index contributed by atoms with van der Waals surface area (Å²) < 4.78 is 5.65. The van der Waals surface area contributed by atoms with E-state index in [2.05, 4.69) is 0 Å². The van der Waals surface area contributed by atoms with Crippen molar-refractivity contribution >= 4 is 5.69 Å². The molecule has 1 fully saturated rings. The zero-order valence-electron chi connectivity index (χ0n) is 10.3. The molecule has 0 saturated heterocycles. The van der Waals surface area contributed by atoms with Gasteiger partial charge < -0.3 is 9.84 Å². The summed E-state index contributed by atoms with van der Waals surface area (Å²) in [5.74, 6) is 0.256. The Morgan fingerprint density at radius 3 is 2.78 bits per heavy atom. The number of rotatable bonds is 3. The maximum absolute atomic E-state index is 10.9. The molecule has 1 aromatic carbocycles. The Labute approximate surface area is 106 Å². The summed E-state index contributed by atoms with van der Waals surface area (Å²) in [7, 11) is 0. The average Bonchev–Trinajstić information content (AvgIpc) is 2.32. The first-order valence-corrected chi connectivity index (χ1v) is 6.17. The molecular formula is C13H17NO4. The molecule has 0 heterocycles. The number of hydrogen-bond acceptors (Lipinski definition) is 4. The molecule has 1 saturated carbocycles. The van der Waals surface area contributed by atoms with Crippen molar-refractivity contribution in [1.82, 2.24) is 0 Å². The number of aryl methyl sites for hydroxylation is 1. The van der Waals surface area contributed by atoms with Gasteiger partial charge in [-0.2, -0.15) is 0 Å². The summed E-state index contributed by atoms with van der Waals surface area (Å²) in [5, 5.41) is 20.8. The van der Waals surface area contributed by atoms with Crippen LogP contribution >= 0.6 is 0 Å². The molecule has 0 aliphatic heterocycles. The largest absolute Gasteiger partial charge is 0.481 e. The van der Waals surface area contributed by atoms with Crippen LogP contribution in [-0.2, 0) is 0 Å². The van der Waals surface area contributed by atoms with Crippen LogP contribution in [0.2, 0.25) is 0 Å². The van der Waals surface area contributed by atoms with Gasteiger partial charge in [0.25, 0.3) is 0 Å². The van der Waals surface area contributed by atoms with Crippen LogP contribution in [0.5, 0.6) is 5.75 Å². The number of benzene rings is 1. The van der Waals surface area contributed by atoms with Gasteiger partial charge in [-0.1, -0.05) is 12.5 Å². The van der Waals surface area contributed by atoms with E-state index < -0.39 is 11.0 Å². The summed E-state index contributed by atoms with van der Waals surface area (Å²) >= 11 is 0. The highest BCUT2D eigenvalue weighted by atomic mass is 16.6. The minimum absolute atomic E-state index is 0.0432. The van der Waals surface area contributed by atoms with E-state index in [9.17, 15) is 15.2 Å². The van der Waals surface area contributed by atoms with Crippen LogP contribution in [0, 0.1) is 17.0 Å². The molecule has 98 valence electrons. The van der Waals surface area contributed by atoms with Crippen molar-refractivity contribution in [3.8, 4) is 5.75 Å². The van der Waals surface area contributed by atoms with Crippen molar-refractivity contribution in [2.45, 2.75) is 44.8 Å². The van der Waals surface area contributed by atoms with Crippen LogP contribution in [-0.4, -0.2) is 22.2 Å². The van der Waals surface area contributed by atoms with Crippen LogP contribution in [0.25, 0.3) is 0 Å². The van der Waals surface area contributed by atoms with Crippen LogP contribution < -0.4 is 4.74 Å². The summed E-state index contributed by atoms with van der Waals surface area (Å²) in [6.45, 7) is 1.86. The molecule has 1 aliphatic carbocycles. The van der Waals surface area contributed by atoms with E-state index in [1.54, 1.807) is 12.1 Å². The van der Waals surface area contributed by atoms with E-state index in [-0.39, 0.29) is 17.5 Å². The molecule has 1 N–H and O–H groups in total. The highest BCUT2D eigenvalue weighted by molar-refractivity contribution is 5.48. The van der Waals surface area contributed by atoms with Gasteiger partial charge in [0.2, 0.25) is 0 Å². The molecular weight excluding hydrogens is 234 g/mol. The lowest BCUT2D eigenvalue weighted by Gasteiger charge is -2.28. The van der Waals surface area contributed by atoms with Gasteiger partial charge in [0.15, 0.2) is 5.75 Å². The van der Waals surface area contributed by atoms with Crippen LogP contribution in [0.4, 0.5) is 5.69 Å². The lowest BCUT2D eigenvalue weighted by atomic mass is 9.95. The Morgan fingerprint density at radius 1 is 1.39 bits per heavy atom. The lowest BCUT2D eigenvalue weighted by Crippen LogP contribution is -2.34. The van der Waals surface area contributed by atoms with Gasteiger partial charge in [-0.05, 0) is 37.8 Å². The van der Waals surface area contributed by atoms with Crippen molar-refractivity contribution < 1.29 is 14.8 Å². The van der Waals surface area contributed by atoms with Gasteiger partial charge >= 0.3 is 5.69 Å². The molecule has 5 heteroatoms. The zero-order chi connectivity index (χ0) is 13.1. The Hall–Kier alpha value is -1.62. The third kappa shape index (κ3) is 2.79. The van der Waals surface area contributed by atoms with Gasteiger partial charge in [0, 0.05) is 6.07 Å². The maximum Gasteiger partial charge on any atom is 0.310 e. The molecule has 2 rings (SSSR count). The highest BCUT2D eigenvalue weighted by Gasteiger charge is 2.27. The number of aliphatic hydroxyl groups excluding tert-OH is 1. The molecule has 0 radical (unpaired) electrons. The average molecular weight is 251 g/mol. The van der Waals surface area contributed by atoms with E-state index in [4.69, 9.17) is 4.74 Å². The highest BCUT2D eigenvalue weighted by Crippen LogP contribution is 2.31. The van der Waals surface area contributed by atoms with Crippen LogP contribution in [0.1, 0.15) is 31.2 Å². The normalized spacial score (nSPS) is 23.7. The molecule has 1 aliphatic rings. The minimum atomic E-state index is -0.529. The van der Waals surface area contributed by atoms with E-state index >= 15 is 0 Å². The summed E-state index contributed by atoms with van der Waals surface area (Å²) in [5.41, 5.74) is 0.860. The maximum atomic E-state index is 10.9. The second kappa shape index (κ2) is 5.35. The van der Waals surface area contributed by atoms with Gasteiger partial charge in [-0.25, -0.2) is 0 Å². The van der Waals surface area contributed by atoms with E-state index in [1.165, 1.54) is 6.07 Å². The molecule has 0 spiro atoms. The Kier molecular flexibility index (Phi) is 3.81. The third-order valence-electron chi connectivity index (χ3n) is 3.26. The van der Waals surface area contributed by atoms with Gasteiger partial charge in [-0.3, -0.25) is 10.1 Å². The van der Waals surface area contributed by atoms with Crippen molar-refractivity contribution in [2.24, 2.45) is 0 Å². The SMILES string of the molecule is Cc1ccc([N+](=O)[O-])c(O[C@@H]2CCCC[C@H]2O)c1. The lowest BCUT2D eigenvalue weighted by molar-refractivity contribution is -0.386. The summed E-state index contributed by atoms with van der Waals surface area (Å²) in [6, 6.07) is 4.78. The number of nitro groups is 1. The predicted molar refractivity (Wildman–Crippen MR) is 66.7 cm³/mol. The van der Waals surface area contributed by atoms with Gasteiger partial charge in [0.1, 0.15) is 6.10 Å². The Morgan fingerprint density at radius 2 is 2.11 bits per heavy atom. The molecule has 1 aromatic rings. The van der Waals surface area contributed by atoms with Crippen molar-refractivity contribution in [1.29, 1.82) is 0 Å². The first kappa shape index (κ1) is 12.8. The molecule has 5 nitrogen and oxygen atoms in total. The van der Waals surface area contributed by atoms with Crippen LogP contribution in [0.15, 0.2) is 18.2 Å². The summed E-state index contributed by atoms with van der Waals surface area (Å²) in [4.78, 5) is 10.5. The molecule has 0 bridgehead atoms. The predicted octanol–water partition coefficient (Wildman–Crippen LogP) is 2.59. The van der Waals surface area contributed by atoms with Crippen LogP contribution in [0.3, 0.4) is 0 Å². The molecule has 0 aromatic heterocycles. The minimum Gasteiger partial charge on any atom is -0.481 e. The first-order valence-electron chi connectivity index (χ1n) is 6.17. The van der Waals surface area contributed by atoms with E-state index in [0.717, 1.165) is 24.8 Å². The molecule has 0 unspecified atom stereocenters. The van der Waals surface area contributed by atoms with Gasteiger partial charge in [0.05, 0.1) is 11.0 Å². The number of hydrogen-bond donors (Lipinski definition) is 1. The smallest absolute Gasteiger partial charge is 0.310 e. The van der Waals surface area contributed by atoms with E-state index in [1.807, 2.05) is 6.92 Å². The number of nitrogens with zero attached hydrogens (tertiary/aromatic N) is 1. The van der Waals surface area contributed by atoms with Crippen molar-refractivity contribution in [3.05, 3.63) is 33.9 Å². The molecule has 18 heavy (non-hydrogen) atoms. The topological polar surface area (TPSA) is 72.6 Å². The fraction of sp³-hybridized carbons (Fsp3) is 0.538. The Bertz CT molecular complexity index is 447. The number of ether oxygens (including phenoxy) is 1. The van der Waals surface area contributed by atoms with Gasteiger partial charge in [-0.15, -0.1) is 0 Å². The van der Waals surface area contributed by atoms with Crippen molar-refractivity contribution in [3.63, 3.8) is 0 Å². The molecule has 2 atom stereocenters. The Balaban J connectivity index is 2.21. The number of nitro benzene ring substituents is 1. The standard InChI is InChI=1S/C13H17NO4/c1-9-6-7-10(14(16)17)13(8-9)18-12-5-3-2-4-11(12)15/h6-8,11-12,15H,2-5H2,1H3/t11-,12-/m1/s1. The summed E-state index contributed by atoms with van der Waals surface area (Å²) in [6.07, 6.45) is 2.55. The first-order chi connectivity index (χ1) is 8.58. The third-order valence-corrected chi connectivity index (χ3v) is 3.26. The zero-order valence-corrected chi connectivity index (χ0v) is 10.3. The quantitative estimate of drug-likeness (QED) is 0.662. The fourth-order valence-corrected chi connectivity index (χ4v) is 2.24. The second-order valence-electron chi connectivity index (χ2n) is 4.74. The molecule has 0 amide bonds. The monoisotopic (exact) mass is 251 g/mol. The van der Waals surface area contributed by atoms with Crippen molar-refractivity contribution in [2.75, 3.05) is 0 Å². The second-order valence-corrected chi connectivity index (χ2v) is 4.74. The van der Waals surface area contributed by atoms with E-state index in [0.29, 0.717) is 6.42 Å². The fourth-order valence-electron chi connectivity index (χ4n) is 2.24. The number of aliphatic hydroxyl groups is 1.